The molecule has 0 fully saturated rings. The van der Waals surface area contributed by atoms with Crippen LogP contribution in [0.5, 0.6) is 5.75 Å². The van der Waals surface area contributed by atoms with Crippen molar-refractivity contribution in [1.82, 2.24) is 10.2 Å². The molecule has 6 heteroatoms. The average molecular weight is 312 g/mol. The second kappa shape index (κ2) is 7.98. The SMILES string of the molecule is CCN(CC(C)(C)O)C(=O)NCC(C)Oc1ccc(F)cc1. The van der Waals surface area contributed by atoms with Gasteiger partial charge in [-0.3, -0.25) is 0 Å². The Labute approximate surface area is 131 Å². The maximum Gasteiger partial charge on any atom is 0.317 e. The summed E-state index contributed by atoms with van der Waals surface area (Å²) in [5.74, 6) is 0.227. The van der Waals surface area contributed by atoms with Crippen molar-refractivity contribution in [2.24, 2.45) is 0 Å². The molecule has 0 heterocycles. The predicted octanol–water partition coefficient (Wildman–Crippen LogP) is 2.40. The van der Waals surface area contributed by atoms with Gasteiger partial charge in [0.15, 0.2) is 0 Å². The van der Waals surface area contributed by atoms with E-state index in [2.05, 4.69) is 5.32 Å². The molecule has 0 saturated carbocycles. The predicted molar refractivity (Wildman–Crippen MR) is 83.4 cm³/mol. The van der Waals surface area contributed by atoms with E-state index in [0.29, 0.717) is 18.8 Å². The molecule has 5 nitrogen and oxygen atoms in total. The van der Waals surface area contributed by atoms with Gasteiger partial charge in [0, 0.05) is 6.54 Å². The van der Waals surface area contributed by atoms with E-state index in [1.165, 1.54) is 17.0 Å². The molecule has 1 aromatic rings. The van der Waals surface area contributed by atoms with Gasteiger partial charge >= 0.3 is 6.03 Å². The number of ether oxygens (including phenoxy) is 1. The Hall–Kier alpha value is -1.82. The molecule has 2 amide bonds. The van der Waals surface area contributed by atoms with Gasteiger partial charge in [0.25, 0.3) is 0 Å². The lowest BCUT2D eigenvalue weighted by atomic mass is 10.1. The van der Waals surface area contributed by atoms with Gasteiger partial charge in [0.2, 0.25) is 0 Å². The van der Waals surface area contributed by atoms with Crippen LogP contribution in [0.2, 0.25) is 0 Å². The molecule has 0 saturated heterocycles. The molecule has 0 radical (unpaired) electrons. The van der Waals surface area contributed by atoms with Crippen LogP contribution in [-0.2, 0) is 0 Å². The van der Waals surface area contributed by atoms with Crippen molar-refractivity contribution >= 4 is 6.03 Å². The minimum atomic E-state index is -0.941. The number of nitrogens with one attached hydrogen (secondary N) is 1. The number of carbonyl (C=O) groups is 1. The van der Waals surface area contributed by atoms with Gasteiger partial charge in [-0.05, 0) is 52.0 Å². The molecule has 2 N–H and O–H groups in total. The minimum Gasteiger partial charge on any atom is -0.489 e. The van der Waals surface area contributed by atoms with Crippen LogP contribution < -0.4 is 10.1 Å². The lowest BCUT2D eigenvalue weighted by Gasteiger charge is -2.28. The number of likely N-dealkylation sites (N-methyl/N-ethyl adjacent to an activating group) is 1. The van der Waals surface area contributed by atoms with Crippen LogP contribution in [0.15, 0.2) is 24.3 Å². The van der Waals surface area contributed by atoms with Crippen molar-refractivity contribution in [3.63, 3.8) is 0 Å². The molecule has 1 rings (SSSR count). The number of rotatable bonds is 7. The summed E-state index contributed by atoms with van der Waals surface area (Å²) in [5.41, 5.74) is -0.941. The smallest absolute Gasteiger partial charge is 0.317 e. The third kappa shape index (κ3) is 6.76. The molecule has 1 aromatic carbocycles. The van der Waals surface area contributed by atoms with Gasteiger partial charge in [-0.15, -0.1) is 0 Å². The van der Waals surface area contributed by atoms with Crippen LogP contribution in [0.25, 0.3) is 0 Å². The van der Waals surface area contributed by atoms with Crippen LogP contribution in [-0.4, -0.2) is 47.4 Å². The molecule has 0 spiro atoms. The highest BCUT2D eigenvalue weighted by atomic mass is 19.1. The summed E-state index contributed by atoms with van der Waals surface area (Å²) < 4.78 is 18.4. The number of urea groups is 1. The van der Waals surface area contributed by atoms with E-state index in [1.807, 2.05) is 13.8 Å². The van der Waals surface area contributed by atoms with Gasteiger partial charge in [0.1, 0.15) is 17.7 Å². The van der Waals surface area contributed by atoms with Gasteiger partial charge < -0.3 is 20.1 Å². The lowest BCUT2D eigenvalue weighted by molar-refractivity contribution is 0.0476. The minimum absolute atomic E-state index is 0.251. The van der Waals surface area contributed by atoms with Gasteiger partial charge in [-0.1, -0.05) is 0 Å². The molecule has 0 aliphatic carbocycles. The molecule has 0 aliphatic heterocycles. The summed E-state index contributed by atoms with van der Waals surface area (Å²) in [6.07, 6.45) is -0.254. The Morgan fingerprint density at radius 1 is 1.41 bits per heavy atom. The third-order valence-electron chi connectivity index (χ3n) is 2.94. The summed E-state index contributed by atoms with van der Waals surface area (Å²) in [6, 6.07) is 5.48. The zero-order chi connectivity index (χ0) is 16.8. The molecule has 0 bridgehead atoms. The fourth-order valence-electron chi connectivity index (χ4n) is 1.92. The first-order valence-corrected chi connectivity index (χ1v) is 7.38. The maximum atomic E-state index is 12.8. The summed E-state index contributed by atoms with van der Waals surface area (Å²) in [5, 5.41) is 12.6. The molecular weight excluding hydrogens is 287 g/mol. The van der Waals surface area contributed by atoms with E-state index in [0.717, 1.165) is 0 Å². The number of carbonyl (C=O) groups excluding carboxylic acids is 1. The van der Waals surface area contributed by atoms with Crippen LogP contribution in [0, 0.1) is 5.82 Å². The van der Waals surface area contributed by atoms with E-state index in [-0.39, 0.29) is 24.5 Å². The highest BCUT2D eigenvalue weighted by Crippen LogP contribution is 2.12. The van der Waals surface area contributed by atoms with E-state index < -0.39 is 5.60 Å². The fourth-order valence-corrected chi connectivity index (χ4v) is 1.92. The summed E-state index contributed by atoms with van der Waals surface area (Å²) >= 11 is 0. The number of amides is 2. The topological polar surface area (TPSA) is 61.8 Å². The van der Waals surface area contributed by atoms with Crippen molar-refractivity contribution < 1.29 is 19.0 Å². The number of aliphatic hydroxyl groups is 1. The Kier molecular flexibility index (Phi) is 6.61. The van der Waals surface area contributed by atoms with Crippen molar-refractivity contribution in [3.8, 4) is 5.75 Å². The molecule has 0 aliphatic rings. The maximum absolute atomic E-state index is 12.8. The molecule has 1 unspecified atom stereocenters. The first kappa shape index (κ1) is 18.2. The van der Waals surface area contributed by atoms with E-state index in [4.69, 9.17) is 4.74 Å². The molecule has 0 aromatic heterocycles. The van der Waals surface area contributed by atoms with Crippen molar-refractivity contribution in [3.05, 3.63) is 30.1 Å². The quantitative estimate of drug-likeness (QED) is 0.812. The van der Waals surface area contributed by atoms with Crippen LogP contribution in [0.1, 0.15) is 27.7 Å². The monoisotopic (exact) mass is 312 g/mol. The number of halogens is 1. The Morgan fingerprint density at radius 3 is 2.50 bits per heavy atom. The molecule has 124 valence electrons. The van der Waals surface area contributed by atoms with E-state index in [1.54, 1.807) is 26.0 Å². The Balaban J connectivity index is 2.43. The van der Waals surface area contributed by atoms with Crippen molar-refractivity contribution in [1.29, 1.82) is 0 Å². The highest BCUT2D eigenvalue weighted by molar-refractivity contribution is 5.74. The van der Waals surface area contributed by atoms with Gasteiger partial charge in [-0.2, -0.15) is 0 Å². The Bertz CT molecular complexity index is 471. The average Bonchev–Trinajstić information content (AvgIpc) is 2.43. The van der Waals surface area contributed by atoms with Crippen LogP contribution in [0.4, 0.5) is 9.18 Å². The summed E-state index contributed by atoms with van der Waals surface area (Å²) in [4.78, 5) is 13.6. The lowest BCUT2D eigenvalue weighted by Crippen LogP contribution is -2.48. The zero-order valence-electron chi connectivity index (χ0n) is 13.6. The number of hydrogen-bond donors (Lipinski definition) is 2. The van der Waals surface area contributed by atoms with Crippen molar-refractivity contribution in [2.75, 3.05) is 19.6 Å². The first-order chi connectivity index (χ1) is 10.2. The van der Waals surface area contributed by atoms with Crippen LogP contribution in [0.3, 0.4) is 0 Å². The highest BCUT2D eigenvalue weighted by Gasteiger charge is 2.21. The Morgan fingerprint density at radius 2 is 2.00 bits per heavy atom. The number of benzene rings is 1. The number of nitrogens with zero attached hydrogens (tertiary/aromatic N) is 1. The summed E-state index contributed by atoms with van der Waals surface area (Å²) in [6.45, 7) is 8.05. The standard InChI is InChI=1S/C16H25FN2O3/c1-5-19(11-16(3,4)21)15(20)18-10-12(2)22-14-8-6-13(17)7-9-14/h6-9,12,21H,5,10-11H2,1-4H3,(H,18,20). The third-order valence-corrected chi connectivity index (χ3v) is 2.94. The molecule has 1 atom stereocenters. The van der Waals surface area contributed by atoms with E-state index in [9.17, 15) is 14.3 Å². The summed E-state index contributed by atoms with van der Waals surface area (Å²) in [7, 11) is 0. The van der Waals surface area contributed by atoms with Crippen molar-refractivity contribution in [2.45, 2.75) is 39.4 Å². The van der Waals surface area contributed by atoms with Gasteiger partial charge in [-0.25, -0.2) is 9.18 Å². The molecule has 22 heavy (non-hydrogen) atoms. The number of hydrogen-bond acceptors (Lipinski definition) is 3. The van der Waals surface area contributed by atoms with Crippen LogP contribution >= 0.6 is 0 Å². The normalized spacial score (nSPS) is 12.6. The zero-order valence-corrected chi connectivity index (χ0v) is 13.6. The first-order valence-electron chi connectivity index (χ1n) is 7.38. The van der Waals surface area contributed by atoms with Gasteiger partial charge in [0.05, 0.1) is 18.7 Å². The largest absolute Gasteiger partial charge is 0.489 e. The second-order valence-electron chi connectivity index (χ2n) is 5.90. The second-order valence-corrected chi connectivity index (χ2v) is 5.90. The fraction of sp³-hybridized carbons (Fsp3) is 0.562. The molecular formula is C16H25FN2O3. The van der Waals surface area contributed by atoms with E-state index >= 15 is 0 Å².